The quantitative estimate of drug-likeness (QED) is 0.742. The maximum Gasteiger partial charge on any atom is 0.242 e. The molecule has 7 nitrogen and oxygen atoms in total. The number of rotatable bonds is 4. The average molecular weight is 310 g/mol. The van der Waals surface area contributed by atoms with Crippen LogP contribution in [0.15, 0.2) is 23.1 Å². The highest BCUT2D eigenvalue weighted by Crippen LogP contribution is 2.19. The van der Waals surface area contributed by atoms with Crippen molar-refractivity contribution in [2.24, 2.45) is 0 Å². The van der Waals surface area contributed by atoms with Crippen molar-refractivity contribution in [3.05, 3.63) is 23.8 Å². The molecule has 114 valence electrons. The fraction of sp³-hybridized carbons (Fsp3) is 0.462. The van der Waals surface area contributed by atoms with Crippen LogP contribution < -0.4 is 10.5 Å². The number of morpholine rings is 1. The van der Waals surface area contributed by atoms with Crippen molar-refractivity contribution in [3.8, 4) is 6.07 Å². The van der Waals surface area contributed by atoms with Gasteiger partial charge >= 0.3 is 0 Å². The van der Waals surface area contributed by atoms with Crippen molar-refractivity contribution < 1.29 is 13.2 Å². The lowest BCUT2D eigenvalue weighted by atomic mass is 10.2. The highest BCUT2D eigenvalue weighted by atomic mass is 32.2. The molecule has 1 fully saturated rings. The van der Waals surface area contributed by atoms with Gasteiger partial charge in [0.1, 0.15) is 4.90 Å². The van der Waals surface area contributed by atoms with Gasteiger partial charge in [0.2, 0.25) is 10.0 Å². The number of ether oxygens (including phenoxy) is 1. The second kappa shape index (κ2) is 6.41. The number of hydrogen-bond donors (Lipinski definition) is 2. The van der Waals surface area contributed by atoms with Gasteiger partial charge in [-0.25, -0.2) is 13.1 Å². The summed E-state index contributed by atoms with van der Waals surface area (Å²) in [6.07, 6.45) is -0.182. The molecule has 2 rings (SSSR count). The molecule has 0 aliphatic carbocycles. The van der Waals surface area contributed by atoms with Gasteiger partial charge in [0.25, 0.3) is 0 Å². The summed E-state index contributed by atoms with van der Waals surface area (Å²) in [4.78, 5) is 2.06. The first-order chi connectivity index (χ1) is 9.92. The number of nitrogens with zero attached hydrogens (tertiary/aromatic N) is 2. The van der Waals surface area contributed by atoms with Crippen LogP contribution in [0.5, 0.6) is 0 Å². The highest BCUT2D eigenvalue weighted by molar-refractivity contribution is 7.89. The van der Waals surface area contributed by atoms with Crippen LogP contribution in [0.4, 0.5) is 5.69 Å². The number of nitrogens with two attached hydrogens (primary N) is 1. The van der Waals surface area contributed by atoms with E-state index in [4.69, 9.17) is 15.7 Å². The summed E-state index contributed by atoms with van der Waals surface area (Å²) < 4.78 is 32.5. The molecule has 1 atom stereocenters. The van der Waals surface area contributed by atoms with E-state index >= 15 is 0 Å². The van der Waals surface area contributed by atoms with E-state index < -0.39 is 10.0 Å². The number of likely N-dealkylation sites (N-methyl/N-ethyl adjacent to an activating group) is 1. The van der Waals surface area contributed by atoms with Crippen LogP contribution in [-0.4, -0.2) is 52.7 Å². The lowest BCUT2D eigenvalue weighted by Gasteiger charge is -2.30. The molecular formula is C13H18N4O3S. The molecule has 8 heteroatoms. The molecule has 1 aliphatic heterocycles. The summed E-state index contributed by atoms with van der Waals surface area (Å²) >= 11 is 0. The molecular weight excluding hydrogens is 292 g/mol. The van der Waals surface area contributed by atoms with Gasteiger partial charge in [-0.2, -0.15) is 5.26 Å². The van der Waals surface area contributed by atoms with E-state index in [1.54, 1.807) is 0 Å². The van der Waals surface area contributed by atoms with Gasteiger partial charge in [-0.3, -0.25) is 0 Å². The Bertz CT molecular complexity index is 654. The van der Waals surface area contributed by atoms with E-state index in [0.717, 1.165) is 6.54 Å². The average Bonchev–Trinajstić information content (AvgIpc) is 2.45. The molecule has 1 unspecified atom stereocenters. The molecule has 0 amide bonds. The maximum absolute atomic E-state index is 12.2. The second-order valence-electron chi connectivity index (χ2n) is 4.97. The maximum atomic E-state index is 12.2. The van der Waals surface area contributed by atoms with Crippen molar-refractivity contribution in [1.82, 2.24) is 9.62 Å². The third kappa shape index (κ3) is 3.92. The van der Waals surface area contributed by atoms with Crippen LogP contribution >= 0.6 is 0 Å². The van der Waals surface area contributed by atoms with Gasteiger partial charge < -0.3 is 15.4 Å². The van der Waals surface area contributed by atoms with Gasteiger partial charge in [0, 0.05) is 19.6 Å². The van der Waals surface area contributed by atoms with Crippen LogP contribution in [0, 0.1) is 11.3 Å². The standard InChI is InChI=1S/C13H18N4O3S/c1-17-4-5-20-11(9-17)8-16-21(18,19)13-3-2-10(7-14)6-12(13)15/h2-3,6,11,16H,4-5,8-9,15H2,1H3. The number of nitrogen functional groups attached to an aromatic ring is 1. The third-order valence-electron chi connectivity index (χ3n) is 3.27. The summed E-state index contributed by atoms with van der Waals surface area (Å²) in [6.45, 7) is 2.28. The van der Waals surface area contributed by atoms with Gasteiger partial charge in [0.15, 0.2) is 0 Å². The van der Waals surface area contributed by atoms with E-state index in [0.29, 0.717) is 18.7 Å². The largest absolute Gasteiger partial charge is 0.398 e. The van der Waals surface area contributed by atoms with Crippen molar-refractivity contribution in [3.63, 3.8) is 0 Å². The smallest absolute Gasteiger partial charge is 0.242 e. The fourth-order valence-corrected chi connectivity index (χ4v) is 3.31. The van der Waals surface area contributed by atoms with Crippen LogP contribution in [0.3, 0.4) is 0 Å². The Morgan fingerprint density at radius 2 is 2.33 bits per heavy atom. The number of nitriles is 1. The molecule has 0 aromatic heterocycles. The zero-order valence-corrected chi connectivity index (χ0v) is 12.6. The number of nitrogens with one attached hydrogen (secondary N) is 1. The van der Waals surface area contributed by atoms with Crippen molar-refractivity contribution in [2.45, 2.75) is 11.0 Å². The molecule has 1 aromatic rings. The van der Waals surface area contributed by atoms with E-state index in [2.05, 4.69) is 9.62 Å². The normalized spacial score (nSPS) is 20.1. The van der Waals surface area contributed by atoms with E-state index in [1.165, 1.54) is 18.2 Å². The van der Waals surface area contributed by atoms with E-state index in [9.17, 15) is 8.42 Å². The first kappa shape index (κ1) is 15.7. The minimum absolute atomic E-state index is 0.0225. The zero-order chi connectivity index (χ0) is 15.5. The number of sulfonamides is 1. The molecule has 0 saturated carbocycles. The molecule has 0 radical (unpaired) electrons. The Labute approximate surface area is 124 Å². The summed E-state index contributed by atoms with van der Waals surface area (Å²) in [5, 5.41) is 8.76. The van der Waals surface area contributed by atoms with Crippen LogP contribution in [0.1, 0.15) is 5.56 Å². The van der Waals surface area contributed by atoms with Gasteiger partial charge in [0.05, 0.1) is 30.0 Å². The Kier molecular flexibility index (Phi) is 4.80. The minimum atomic E-state index is -3.72. The minimum Gasteiger partial charge on any atom is -0.398 e. The SMILES string of the molecule is CN1CCOC(CNS(=O)(=O)c2ccc(C#N)cc2N)C1. The summed E-state index contributed by atoms with van der Waals surface area (Å²) in [6, 6.07) is 6.02. The summed E-state index contributed by atoms with van der Waals surface area (Å²) in [7, 11) is -1.75. The van der Waals surface area contributed by atoms with Crippen LogP contribution in [0.25, 0.3) is 0 Å². The Hall–Kier alpha value is -1.66. The fourth-order valence-electron chi connectivity index (χ4n) is 2.13. The Balaban J connectivity index is 2.06. The predicted molar refractivity (Wildman–Crippen MR) is 78.0 cm³/mol. The molecule has 1 aliphatic rings. The van der Waals surface area contributed by atoms with Crippen LogP contribution in [-0.2, 0) is 14.8 Å². The number of hydrogen-bond acceptors (Lipinski definition) is 6. The molecule has 0 bridgehead atoms. The first-order valence-electron chi connectivity index (χ1n) is 6.52. The lowest BCUT2D eigenvalue weighted by Crippen LogP contribution is -2.45. The molecule has 1 saturated heterocycles. The summed E-state index contributed by atoms with van der Waals surface area (Å²) in [5.74, 6) is 0. The lowest BCUT2D eigenvalue weighted by molar-refractivity contribution is -0.0156. The number of anilines is 1. The van der Waals surface area contributed by atoms with E-state index in [-0.39, 0.29) is 23.2 Å². The van der Waals surface area contributed by atoms with Crippen molar-refractivity contribution in [1.29, 1.82) is 5.26 Å². The molecule has 0 spiro atoms. The zero-order valence-electron chi connectivity index (χ0n) is 11.7. The van der Waals surface area contributed by atoms with Crippen LogP contribution in [0.2, 0.25) is 0 Å². The first-order valence-corrected chi connectivity index (χ1v) is 8.00. The second-order valence-corrected chi connectivity index (χ2v) is 6.71. The van der Waals surface area contributed by atoms with Gasteiger partial charge in [-0.1, -0.05) is 0 Å². The molecule has 1 heterocycles. The van der Waals surface area contributed by atoms with E-state index in [1.807, 2.05) is 13.1 Å². The van der Waals surface area contributed by atoms with Crippen molar-refractivity contribution in [2.75, 3.05) is 39.0 Å². The highest BCUT2D eigenvalue weighted by Gasteiger charge is 2.22. The van der Waals surface area contributed by atoms with Gasteiger partial charge in [-0.15, -0.1) is 0 Å². The summed E-state index contributed by atoms with van der Waals surface area (Å²) in [5.41, 5.74) is 6.09. The topological polar surface area (TPSA) is 108 Å². The van der Waals surface area contributed by atoms with Crippen molar-refractivity contribution >= 4 is 15.7 Å². The molecule has 21 heavy (non-hydrogen) atoms. The third-order valence-corrected chi connectivity index (χ3v) is 4.77. The monoisotopic (exact) mass is 310 g/mol. The molecule has 1 aromatic carbocycles. The number of benzene rings is 1. The molecule has 3 N–H and O–H groups in total. The Morgan fingerprint density at radius 3 is 2.95 bits per heavy atom. The Morgan fingerprint density at radius 1 is 1.57 bits per heavy atom. The van der Waals surface area contributed by atoms with Gasteiger partial charge in [-0.05, 0) is 25.2 Å². The predicted octanol–water partition coefficient (Wildman–Crippen LogP) is -0.251.